The molecule has 1 atom stereocenters. The van der Waals surface area contributed by atoms with Gasteiger partial charge in [0.15, 0.2) is 5.69 Å². The zero-order valence-electron chi connectivity index (χ0n) is 17.0. The molecule has 8 heteroatoms. The van der Waals surface area contributed by atoms with Gasteiger partial charge in [-0.15, -0.1) is 0 Å². The molecule has 3 amide bonds. The topological polar surface area (TPSA) is 87.5 Å². The number of fused-ring (bicyclic) bond motifs is 1. The highest BCUT2D eigenvalue weighted by Gasteiger charge is 2.54. The Morgan fingerprint density at radius 3 is 2.45 bits per heavy atom. The highest BCUT2D eigenvalue weighted by Crippen LogP contribution is 2.39. The predicted octanol–water partition coefficient (Wildman–Crippen LogP) is 1.55. The van der Waals surface area contributed by atoms with Crippen LogP contribution in [0.25, 0.3) is 0 Å². The SMILES string of the molecule is CC1(C(=O)NC2CCCC2)Cn2cnc(C(=O)N3CCCC3)c2C(=O)N1C1CC1. The van der Waals surface area contributed by atoms with E-state index in [9.17, 15) is 14.4 Å². The lowest BCUT2D eigenvalue weighted by Crippen LogP contribution is -2.65. The monoisotopic (exact) mass is 399 g/mol. The van der Waals surface area contributed by atoms with Crippen molar-refractivity contribution in [3.05, 3.63) is 17.7 Å². The van der Waals surface area contributed by atoms with Gasteiger partial charge in [-0.3, -0.25) is 14.4 Å². The largest absolute Gasteiger partial charge is 0.351 e. The van der Waals surface area contributed by atoms with Crippen LogP contribution in [0.5, 0.6) is 0 Å². The van der Waals surface area contributed by atoms with Crippen molar-refractivity contribution in [2.24, 2.45) is 0 Å². The molecule has 2 aliphatic carbocycles. The summed E-state index contributed by atoms with van der Waals surface area (Å²) in [5, 5.41) is 3.19. The van der Waals surface area contributed by atoms with Gasteiger partial charge in [0.1, 0.15) is 11.2 Å². The van der Waals surface area contributed by atoms with Crippen LogP contribution in [0.4, 0.5) is 0 Å². The zero-order valence-corrected chi connectivity index (χ0v) is 17.0. The number of nitrogens with zero attached hydrogens (tertiary/aromatic N) is 4. The second kappa shape index (κ2) is 6.85. The van der Waals surface area contributed by atoms with E-state index in [1.165, 1.54) is 0 Å². The van der Waals surface area contributed by atoms with Crippen molar-refractivity contribution in [3.63, 3.8) is 0 Å². The van der Waals surface area contributed by atoms with Crippen LogP contribution in [-0.2, 0) is 11.3 Å². The smallest absolute Gasteiger partial charge is 0.274 e. The highest BCUT2D eigenvalue weighted by molar-refractivity contribution is 6.07. The standard InChI is InChI=1S/C21H29N5O3/c1-21(20(29)23-14-6-2-3-7-14)12-25-13-22-16(18(27)24-10-4-5-11-24)17(25)19(28)26(21)15-8-9-15/h13-15H,2-12H2,1H3,(H,23,29). The Balaban J connectivity index is 1.47. The van der Waals surface area contributed by atoms with Crippen molar-refractivity contribution in [2.45, 2.75) is 82.5 Å². The average Bonchev–Trinajstić information content (AvgIpc) is 3.11. The molecule has 1 unspecified atom stereocenters. The van der Waals surface area contributed by atoms with Crippen LogP contribution in [0.2, 0.25) is 0 Å². The number of likely N-dealkylation sites (tertiary alicyclic amines) is 1. The Morgan fingerprint density at radius 1 is 1.10 bits per heavy atom. The van der Waals surface area contributed by atoms with E-state index in [4.69, 9.17) is 0 Å². The maximum Gasteiger partial charge on any atom is 0.274 e. The molecule has 8 nitrogen and oxygen atoms in total. The van der Waals surface area contributed by atoms with Gasteiger partial charge in [-0.2, -0.15) is 0 Å². The molecule has 1 N–H and O–H groups in total. The molecule has 156 valence electrons. The summed E-state index contributed by atoms with van der Waals surface area (Å²) in [6.07, 6.45) is 9.63. The van der Waals surface area contributed by atoms with Gasteiger partial charge in [0.05, 0.1) is 12.9 Å². The van der Waals surface area contributed by atoms with Gasteiger partial charge in [-0.25, -0.2) is 4.98 Å². The van der Waals surface area contributed by atoms with E-state index in [0.29, 0.717) is 25.3 Å². The van der Waals surface area contributed by atoms with Crippen LogP contribution in [0.1, 0.15) is 79.3 Å². The van der Waals surface area contributed by atoms with E-state index < -0.39 is 5.54 Å². The summed E-state index contributed by atoms with van der Waals surface area (Å²) in [5.41, 5.74) is -0.372. The molecular formula is C21H29N5O3. The third-order valence-electron chi connectivity index (χ3n) is 6.96. The molecule has 2 saturated carbocycles. The zero-order chi connectivity index (χ0) is 20.2. The van der Waals surface area contributed by atoms with Gasteiger partial charge in [-0.1, -0.05) is 12.8 Å². The van der Waals surface area contributed by atoms with Gasteiger partial charge < -0.3 is 19.7 Å². The first-order valence-electron chi connectivity index (χ1n) is 11.0. The summed E-state index contributed by atoms with van der Waals surface area (Å²) in [6, 6.07) is 0.271. The van der Waals surface area contributed by atoms with E-state index in [1.54, 1.807) is 20.7 Å². The van der Waals surface area contributed by atoms with Crippen LogP contribution in [0, 0.1) is 0 Å². The van der Waals surface area contributed by atoms with Gasteiger partial charge in [0.25, 0.3) is 11.8 Å². The lowest BCUT2D eigenvalue weighted by molar-refractivity contribution is -0.134. The number of imidazole rings is 1. The van der Waals surface area contributed by atoms with Crippen molar-refractivity contribution >= 4 is 17.7 Å². The van der Waals surface area contributed by atoms with Crippen molar-refractivity contribution in [3.8, 4) is 0 Å². The first kappa shape index (κ1) is 18.6. The van der Waals surface area contributed by atoms with Crippen molar-refractivity contribution < 1.29 is 14.4 Å². The molecule has 1 saturated heterocycles. The van der Waals surface area contributed by atoms with E-state index >= 15 is 0 Å². The van der Waals surface area contributed by atoms with Crippen LogP contribution in [0.3, 0.4) is 0 Å². The molecule has 0 radical (unpaired) electrons. The summed E-state index contributed by atoms with van der Waals surface area (Å²) in [5.74, 6) is -0.487. The fraction of sp³-hybridized carbons (Fsp3) is 0.714. The molecule has 0 aromatic carbocycles. The molecule has 5 rings (SSSR count). The third-order valence-corrected chi connectivity index (χ3v) is 6.96. The summed E-state index contributed by atoms with van der Waals surface area (Å²) in [7, 11) is 0. The number of rotatable bonds is 4. The highest BCUT2D eigenvalue weighted by atomic mass is 16.2. The first-order valence-corrected chi connectivity index (χ1v) is 11.0. The van der Waals surface area contributed by atoms with Gasteiger partial charge in [0, 0.05) is 25.2 Å². The summed E-state index contributed by atoms with van der Waals surface area (Å²) < 4.78 is 1.72. The molecule has 0 spiro atoms. The number of carbonyl (C=O) groups is 3. The number of carbonyl (C=O) groups excluding carboxylic acids is 3. The fourth-order valence-corrected chi connectivity index (χ4v) is 5.19. The number of hydrogen-bond donors (Lipinski definition) is 1. The lowest BCUT2D eigenvalue weighted by atomic mass is 9.93. The van der Waals surface area contributed by atoms with Crippen LogP contribution in [0.15, 0.2) is 6.33 Å². The van der Waals surface area contributed by atoms with Crippen LogP contribution >= 0.6 is 0 Å². The van der Waals surface area contributed by atoms with E-state index in [-0.39, 0.29) is 35.5 Å². The van der Waals surface area contributed by atoms with E-state index in [2.05, 4.69) is 10.3 Å². The Bertz CT molecular complexity index is 848. The third kappa shape index (κ3) is 3.04. The quantitative estimate of drug-likeness (QED) is 0.832. The molecule has 4 aliphatic rings. The molecule has 2 aliphatic heterocycles. The summed E-state index contributed by atoms with van der Waals surface area (Å²) in [6.45, 7) is 3.63. The molecule has 1 aromatic rings. The Labute approximate surface area is 170 Å². The number of nitrogens with one attached hydrogen (secondary N) is 1. The predicted molar refractivity (Wildman–Crippen MR) is 105 cm³/mol. The minimum Gasteiger partial charge on any atom is -0.351 e. The number of aromatic nitrogens is 2. The molecule has 0 bridgehead atoms. The molecule has 3 fully saturated rings. The maximum absolute atomic E-state index is 13.6. The van der Waals surface area contributed by atoms with Crippen LogP contribution in [-0.4, -0.2) is 67.8 Å². The van der Waals surface area contributed by atoms with Gasteiger partial charge >= 0.3 is 0 Å². The molecule has 29 heavy (non-hydrogen) atoms. The Hall–Kier alpha value is -2.38. The van der Waals surface area contributed by atoms with Gasteiger partial charge in [-0.05, 0) is 45.4 Å². The number of hydrogen-bond acceptors (Lipinski definition) is 4. The average molecular weight is 399 g/mol. The van der Waals surface area contributed by atoms with E-state index in [0.717, 1.165) is 51.4 Å². The molecular weight excluding hydrogens is 370 g/mol. The Morgan fingerprint density at radius 2 is 1.79 bits per heavy atom. The first-order chi connectivity index (χ1) is 14.0. The maximum atomic E-state index is 13.6. The summed E-state index contributed by atoms with van der Waals surface area (Å²) in [4.78, 5) is 47.7. The van der Waals surface area contributed by atoms with Crippen molar-refractivity contribution in [1.29, 1.82) is 0 Å². The Kier molecular flexibility index (Phi) is 4.40. The van der Waals surface area contributed by atoms with E-state index in [1.807, 2.05) is 6.92 Å². The minimum atomic E-state index is -0.956. The van der Waals surface area contributed by atoms with Gasteiger partial charge in [0.2, 0.25) is 5.91 Å². The molecule has 1 aromatic heterocycles. The molecule has 3 heterocycles. The summed E-state index contributed by atoms with van der Waals surface area (Å²) >= 11 is 0. The van der Waals surface area contributed by atoms with Crippen LogP contribution < -0.4 is 5.32 Å². The second-order valence-corrected chi connectivity index (χ2v) is 9.20. The minimum absolute atomic E-state index is 0.0696. The number of amides is 3. The van der Waals surface area contributed by atoms with Crippen molar-refractivity contribution in [1.82, 2.24) is 24.7 Å². The lowest BCUT2D eigenvalue weighted by Gasteiger charge is -2.44. The fourth-order valence-electron chi connectivity index (χ4n) is 5.19. The van der Waals surface area contributed by atoms with Crippen molar-refractivity contribution in [2.75, 3.05) is 13.1 Å². The second-order valence-electron chi connectivity index (χ2n) is 9.20. The normalized spacial score (nSPS) is 27.4.